The van der Waals surface area contributed by atoms with Gasteiger partial charge in [-0.15, -0.1) is 12.4 Å². The number of benzene rings is 1. The summed E-state index contributed by atoms with van der Waals surface area (Å²) in [5.41, 5.74) is 0.880. The van der Waals surface area contributed by atoms with E-state index in [-0.39, 0.29) is 25.5 Å². The Hall–Kier alpha value is -1.33. The van der Waals surface area contributed by atoms with E-state index < -0.39 is 18.3 Å². The summed E-state index contributed by atoms with van der Waals surface area (Å²) in [6, 6.07) is 8.73. The molecule has 19 heavy (non-hydrogen) atoms. The fourth-order valence-electron chi connectivity index (χ4n) is 2.26. The van der Waals surface area contributed by atoms with Gasteiger partial charge in [-0.25, -0.2) is 9.18 Å². The maximum absolute atomic E-state index is 13.8. The van der Waals surface area contributed by atoms with Gasteiger partial charge in [0.25, 0.3) is 0 Å². The first-order valence-corrected chi connectivity index (χ1v) is 6.07. The van der Waals surface area contributed by atoms with Gasteiger partial charge in [0.1, 0.15) is 6.17 Å². The Kier molecular flexibility index (Phi) is 6.05. The minimum atomic E-state index is -1.14. The molecular weight excluding hydrogens is 271 g/mol. The molecule has 106 valence electrons. The van der Waals surface area contributed by atoms with E-state index in [0.29, 0.717) is 13.0 Å². The summed E-state index contributed by atoms with van der Waals surface area (Å²) in [6.07, 6.45) is -1.69. The van der Waals surface area contributed by atoms with Crippen LogP contribution in [0.4, 0.5) is 9.18 Å². The van der Waals surface area contributed by atoms with Crippen LogP contribution in [-0.4, -0.2) is 41.4 Å². The van der Waals surface area contributed by atoms with E-state index in [1.54, 1.807) is 0 Å². The Bertz CT molecular complexity index is 405. The van der Waals surface area contributed by atoms with E-state index in [0.717, 1.165) is 5.56 Å². The maximum Gasteiger partial charge on any atom is 0.407 e. The summed E-state index contributed by atoms with van der Waals surface area (Å²) in [5, 5.41) is 12.2. The summed E-state index contributed by atoms with van der Waals surface area (Å²) in [6.45, 7) is 1.12. The first kappa shape index (κ1) is 15.7. The molecule has 0 spiro atoms. The van der Waals surface area contributed by atoms with Crippen LogP contribution in [0, 0.1) is 0 Å². The molecule has 0 aliphatic carbocycles. The van der Waals surface area contributed by atoms with Gasteiger partial charge in [-0.2, -0.15) is 0 Å². The number of halogens is 2. The third-order valence-corrected chi connectivity index (χ3v) is 3.22. The van der Waals surface area contributed by atoms with Crippen LogP contribution >= 0.6 is 12.4 Å². The van der Waals surface area contributed by atoms with Crippen molar-refractivity contribution < 1.29 is 14.3 Å². The van der Waals surface area contributed by atoms with Crippen molar-refractivity contribution in [3.8, 4) is 0 Å². The number of alkyl halides is 1. The van der Waals surface area contributed by atoms with Gasteiger partial charge in [0, 0.05) is 13.1 Å². The van der Waals surface area contributed by atoms with Crippen molar-refractivity contribution in [1.82, 2.24) is 10.2 Å². The van der Waals surface area contributed by atoms with Gasteiger partial charge >= 0.3 is 6.09 Å². The maximum atomic E-state index is 13.8. The van der Waals surface area contributed by atoms with E-state index >= 15 is 0 Å². The molecule has 6 heteroatoms. The summed E-state index contributed by atoms with van der Waals surface area (Å²) in [7, 11) is 0. The van der Waals surface area contributed by atoms with Crippen LogP contribution in [0.25, 0.3) is 0 Å². The number of piperidine rings is 1. The summed E-state index contributed by atoms with van der Waals surface area (Å²) in [4.78, 5) is 12.5. The number of amides is 1. The van der Waals surface area contributed by atoms with E-state index in [4.69, 9.17) is 0 Å². The third kappa shape index (κ3) is 4.08. The van der Waals surface area contributed by atoms with Crippen LogP contribution in [0.5, 0.6) is 0 Å². The van der Waals surface area contributed by atoms with Crippen LogP contribution in [0.3, 0.4) is 0 Å². The Labute approximate surface area is 118 Å². The van der Waals surface area contributed by atoms with Crippen LogP contribution < -0.4 is 5.32 Å². The highest BCUT2D eigenvalue weighted by atomic mass is 35.5. The topological polar surface area (TPSA) is 52.6 Å². The molecule has 1 fully saturated rings. The summed E-state index contributed by atoms with van der Waals surface area (Å²) >= 11 is 0. The van der Waals surface area contributed by atoms with E-state index in [1.807, 2.05) is 30.3 Å². The van der Waals surface area contributed by atoms with Gasteiger partial charge in [-0.1, -0.05) is 30.3 Å². The third-order valence-electron chi connectivity index (χ3n) is 3.22. The fraction of sp³-hybridized carbons (Fsp3) is 0.462. The predicted molar refractivity (Wildman–Crippen MR) is 73.4 cm³/mol. The highest BCUT2D eigenvalue weighted by Crippen LogP contribution is 2.18. The van der Waals surface area contributed by atoms with Crippen molar-refractivity contribution >= 4 is 18.5 Å². The fourth-order valence-corrected chi connectivity index (χ4v) is 2.26. The second-order valence-electron chi connectivity index (χ2n) is 4.47. The van der Waals surface area contributed by atoms with Crippen molar-refractivity contribution in [3.63, 3.8) is 0 Å². The zero-order valence-electron chi connectivity index (χ0n) is 10.5. The van der Waals surface area contributed by atoms with Crippen LogP contribution in [-0.2, 0) is 6.54 Å². The standard InChI is InChI=1S/C13H17FN2O2.ClH/c14-11-8-15-7-6-12(11)16(13(17)18)9-10-4-2-1-3-5-10;/h1-5,11-12,15H,6-9H2,(H,17,18);1H. The second kappa shape index (κ2) is 7.31. The number of carboxylic acid groups (broad SMARTS) is 1. The van der Waals surface area contributed by atoms with Crippen molar-refractivity contribution in [2.24, 2.45) is 0 Å². The molecule has 2 atom stereocenters. The Morgan fingerprint density at radius 3 is 2.68 bits per heavy atom. The lowest BCUT2D eigenvalue weighted by atomic mass is 10.0. The normalized spacial score (nSPS) is 22.4. The number of carbonyl (C=O) groups is 1. The van der Waals surface area contributed by atoms with Gasteiger partial charge in [0.2, 0.25) is 0 Å². The van der Waals surface area contributed by atoms with Crippen molar-refractivity contribution in [2.75, 3.05) is 13.1 Å². The Morgan fingerprint density at radius 1 is 1.42 bits per heavy atom. The lowest BCUT2D eigenvalue weighted by molar-refractivity contribution is 0.0699. The zero-order valence-corrected chi connectivity index (χ0v) is 11.3. The minimum Gasteiger partial charge on any atom is -0.465 e. The molecule has 0 aromatic heterocycles. The van der Waals surface area contributed by atoms with E-state index in [9.17, 15) is 14.3 Å². The molecule has 2 N–H and O–H groups in total. The number of nitrogens with one attached hydrogen (secondary N) is 1. The van der Waals surface area contributed by atoms with E-state index in [1.165, 1.54) is 4.90 Å². The predicted octanol–water partition coefficient (Wildman–Crippen LogP) is 2.29. The lowest BCUT2D eigenvalue weighted by Crippen LogP contribution is -2.52. The molecule has 1 aromatic carbocycles. The SMILES string of the molecule is Cl.O=C(O)N(Cc1ccccc1)C1CCNCC1F. The minimum absolute atomic E-state index is 0. The molecular formula is C13H18ClFN2O2. The van der Waals surface area contributed by atoms with Crippen molar-refractivity contribution in [2.45, 2.75) is 25.2 Å². The number of hydrogen-bond donors (Lipinski definition) is 2. The first-order valence-electron chi connectivity index (χ1n) is 6.07. The van der Waals surface area contributed by atoms with Gasteiger partial charge in [0.15, 0.2) is 0 Å². The highest BCUT2D eigenvalue weighted by Gasteiger charge is 2.32. The van der Waals surface area contributed by atoms with Crippen LogP contribution in [0.1, 0.15) is 12.0 Å². The molecule has 1 aliphatic rings. The molecule has 4 nitrogen and oxygen atoms in total. The second-order valence-corrected chi connectivity index (χ2v) is 4.47. The summed E-state index contributed by atoms with van der Waals surface area (Å²) in [5.74, 6) is 0. The van der Waals surface area contributed by atoms with Gasteiger partial charge in [0.05, 0.1) is 6.04 Å². The number of nitrogens with zero attached hydrogens (tertiary/aromatic N) is 1. The van der Waals surface area contributed by atoms with Crippen LogP contribution in [0.15, 0.2) is 30.3 Å². The molecule has 2 rings (SSSR count). The average Bonchev–Trinajstić information content (AvgIpc) is 2.38. The molecule has 1 saturated heterocycles. The largest absolute Gasteiger partial charge is 0.465 e. The number of hydrogen-bond acceptors (Lipinski definition) is 2. The molecule has 1 aliphatic heterocycles. The number of rotatable bonds is 3. The van der Waals surface area contributed by atoms with Crippen molar-refractivity contribution in [3.05, 3.63) is 35.9 Å². The van der Waals surface area contributed by atoms with E-state index in [2.05, 4.69) is 5.32 Å². The quantitative estimate of drug-likeness (QED) is 0.897. The van der Waals surface area contributed by atoms with Gasteiger partial charge < -0.3 is 10.4 Å². The smallest absolute Gasteiger partial charge is 0.407 e. The molecule has 0 radical (unpaired) electrons. The summed E-state index contributed by atoms with van der Waals surface area (Å²) < 4.78 is 13.8. The zero-order chi connectivity index (χ0) is 13.0. The molecule has 1 heterocycles. The Balaban J connectivity index is 0.00000180. The average molecular weight is 289 g/mol. The van der Waals surface area contributed by atoms with Crippen molar-refractivity contribution in [1.29, 1.82) is 0 Å². The first-order chi connectivity index (χ1) is 8.68. The Morgan fingerprint density at radius 2 is 2.11 bits per heavy atom. The molecule has 1 aromatic rings. The van der Waals surface area contributed by atoms with Gasteiger partial charge in [-0.3, -0.25) is 4.90 Å². The monoisotopic (exact) mass is 288 g/mol. The van der Waals surface area contributed by atoms with Gasteiger partial charge in [-0.05, 0) is 18.5 Å². The lowest BCUT2D eigenvalue weighted by Gasteiger charge is -2.35. The molecule has 2 unspecified atom stereocenters. The highest BCUT2D eigenvalue weighted by molar-refractivity contribution is 5.85. The molecule has 0 bridgehead atoms. The molecule has 1 amide bonds. The molecule has 0 saturated carbocycles. The van der Waals surface area contributed by atoms with Crippen LogP contribution in [0.2, 0.25) is 0 Å².